The van der Waals surface area contributed by atoms with Crippen molar-refractivity contribution in [3.63, 3.8) is 0 Å². The normalized spacial score (nSPS) is 16.7. The van der Waals surface area contributed by atoms with Gasteiger partial charge in [-0.1, -0.05) is 128 Å². The standard InChI is InChI=1S/C24H42O/c1-2-3-4-5-6-7-8-9-10-11-12-13-14-15-16-17-20-23-21-18-19-22-24(23)25/h18-19,21-23H,2-17,20H2,1H3. The van der Waals surface area contributed by atoms with Gasteiger partial charge in [-0.3, -0.25) is 4.79 Å². The minimum absolute atomic E-state index is 0.164. The second-order valence-electron chi connectivity index (χ2n) is 7.84. The van der Waals surface area contributed by atoms with E-state index in [0.717, 1.165) is 6.42 Å². The summed E-state index contributed by atoms with van der Waals surface area (Å²) in [7, 11) is 0. The Morgan fingerprint density at radius 1 is 0.640 bits per heavy atom. The minimum Gasteiger partial charge on any atom is -0.294 e. The summed E-state index contributed by atoms with van der Waals surface area (Å²) in [6.45, 7) is 2.29. The molecule has 1 unspecified atom stereocenters. The average Bonchev–Trinajstić information content (AvgIpc) is 2.63. The Morgan fingerprint density at radius 3 is 1.52 bits per heavy atom. The molecule has 0 amide bonds. The van der Waals surface area contributed by atoms with Crippen molar-refractivity contribution in [2.24, 2.45) is 5.92 Å². The highest BCUT2D eigenvalue weighted by molar-refractivity contribution is 5.94. The van der Waals surface area contributed by atoms with Gasteiger partial charge in [-0.2, -0.15) is 0 Å². The molecule has 1 atom stereocenters. The summed E-state index contributed by atoms with van der Waals surface area (Å²) < 4.78 is 0. The number of carbonyl (C=O) groups excluding carboxylic acids is 1. The van der Waals surface area contributed by atoms with Gasteiger partial charge < -0.3 is 0 Å². The molecule has 0 saturated carbocycles. The van der Waals surface area contributed by atoms with Crippen LogP contribution in [0.1, 0.15) is 116 Å². The van der Waals surface area contributed by atoms with Crippen molar-refractivity contribution < 1.29 is 4.79 Å². The van der Waals surface area contributed by atoms with Crippen LogP contribution in [0, 0.1) is 5.92 Å². The van der Waals surface area contributed by atoms with E-state index in [0.29, 0.717) is 5.78 Å². The van der Waals surface area contributed by atoms with Gasteiger partial charge >= 0.3 is 0 Å². The zero-order valence-electron chi connectivity index (χ0n) is 16.8. The first kappa shape index (κ1) is 22.2. The molecule has 0 saturated heterocycles. The highest BCUT2D eigenvalue weighted by atomic mass is 16.1. The summed E-state index contributed by atoms with van der Waals surface area (Å²) in [5.41, 5.74) is 0. The zero-order chi connectivity index (χ0) is 18.0. The fraction of sp³-hybridized carbons (Fsp3) is 0.792. The molecule has 0 aromatic carbocycles. The largest absolute Gasteiger partial charge is 0.294 e. The van der Waals surface area contributed by atoms with E-state index in [2.05, 4.69) is 13.0 Å². The molecular weight excluding hydrogens is 304 g/mol. The van der Waals surface area contributed by atoms with Gasteiger partial charge in [0.1, 0.15) is 0 Å². The molecular formula is C24H42O. The van der Waals surface area contributed by atoms with Crippen molar-refractivity contribution in [2.45, 2.75) is 116 Å². The SMILES string of the molecule is CCCCCCCCCCCCCCCCCCC1C=CC=CC1=O. The Morgan fingerprint density at radius 2 is 1.08 bits per heavy atom. The molecule has 1 aliphatic carbocycles. The molecule has 0 bridgehead atoms. The predicted molar refractivity (Wildman–Crippen MR) is 111 cm³/mol. The molecule has 0 fully saturated rings. The van der Waals surface area contributed by atoms with Crippen molar-refractivity contribution in [3.8, 4) is 0 Å². The summed E-state index contributed by atoms with van der Waals surface area (Å²) >= 11 is 0. The highest BCUT2D eigenvalue weighted by Gasteiger charge is 2.13. The third kappa shape index (κ3) is 13.1. The van der Waals surface area contributed by atoms with Crippen LogP contribution in [0.5, 0.6) is 0 Å². The third-order valence-electron chi connectivity index (χ3n) is 5.45. The molecule has 0 N–H and O–H groups in total. The van der Waals surface area contributed by atoms with Gasteiger partial charge in [-0.15, -0.1) is 0 Å². The van der Waals surface area contributed by atoms with E-state index in [4.69, 9.17) is 0 Å². The van der Waals surface area contributed by atoms with Gasteiger partial charge in [-0.05, 0) is 12.5 Å². The quantitative estimate of drug-likeness (QED) is 0.244. The summed E-state index contributed by atoms with van der Waals surface area (Å²) in [6, 6.07) is 0. The second-order valence-corrected chi connectivity index (χ2v) is 7.84. The van der Waals surface area contributed by atoms with E-state index in [1.54, 1.807) is 6.08 Å². The molecule has 1 rings (SSSR count). The van der Waals surface area contributed by atoms with Crippen LogP contribution in [0.3, 0.4) is 0 Å². The summed E-state index contributed by atoms with van der Waals surface area (Å²) in [6.07, 6.45) is 31.1. The lowest BCUT2D eigenvalue weighted by Gasteiger charge is -2.11. The number of rotatable bonds is 17. The van der Waals surface area contributed by atoms with Crippen LogP contribution in [-0.4, -0.2) is 5.78 Å². The maximum atomic E-state index is 11.6. The Bertz CT molecular complexity index is 366. The third-order valence-corrected chi connectivity index (χ3v) is 5.45. The Kier molecular flexibility index (Phi) is 14.7. The smallest absolute Gasteiger partial charge is 0.162 e. The number of carbonyl (C=O) groups is 1. The van der Waals surface area contributed by atoms with E-state index in [-0.39, 0.29) is 5.92 Å². The topological polar surface area (TPSA) is 17.1 Å². The molecule has 0 heterocycles. The first-order valence-corrected chi connectivity index (χ1v) is 11.2. The molecule has 1 heteroatoms. The van der Waals surface area contributed by atoms with Gasteiger partial charge in [0.2, 0.25) is 0 Å². The summed E-state index contributed by atoms with van der Waals surface area (Å²) in [5.74, 6) is 0.458. The van der Waals surface area contributed by atoms with E-state index < -0.39 is 0 Å². The molecule has 0 spiro atoms. The van der Waals surface area contributed by atoms with Crippen molar-refractivity contribution in [2.75, 3.05) is 0 Å². The highest BCUT2D eigenvalue weighted by Crippen LogP contribution is 2.18. The molecule has 1 aliphatic rings. The van der Waals surface area contributed by atoms with E-state index in [1.165, 1.54) is 103 Å². The summed E-state index contributed by atoms with van der Waals surface area (Å²) in [4.78, 5) is 11.6. The number of hydrogen-bond donors (Lipinski definition) is 0. The van der Waals surface area contributed by atoms with Gasteiger partial charge in [0.15, 0.2) is 5.78 Å². The Balaban J connectivity index is 1.73. The van der Waals surface area contributed by atoms with Crippen LogP contribution >= 0.6 is 0 Å². The fourth-order valence-corrected chi connectivity index (χ4v) is 3.72. The lowest BCUT2D eigenvalue weighted by molar-refractivity contribution is -0.117. The van der Waals surface area contributed by atoms with Gasteiger partial charge in [-0.25, -0.2) is 0 Å². The Labute approximate surface area is 157 Å². The van der Waals surface area contributed by atoms with E-state index in [1.807, 2.05) is 12.2 Å². The maximum absolute atomic E-state index is 11.6. The van der Waals surface area contributed by atoms with Crippen LogP contribution in [0.25, 0.3) is 0 Å². The minimum atomic E-state index is 0.164. The van der Waals surface area contributed by atoms with Crippen molar-refractivity contribution in [1.82, 2.24) is 0 Å². The first-order valence-electron chi connectivity index (χ1n) is 11.2. The number of ketones is 1. The van der Waals surface area contributed by atoms with Gasteiger partial charge in [0.05, 0.1) is 0 Å². The van der Waals surface area contributed by atoms with Crippen LogP contribution in [0.15, 0.2) is 24.3 Å². The number of allylic oxidation sites excluding steroid dienone is 4. The monoisotopic (exact) mass is 346 g/mol. The molecule has 0 radical (unpaired) electrons. The lowest BCUT2D eigenvalue weighted by Crippen LogP contribution is -2.11. The number of hydrogen-bond acceptors (Lipinski definition) is 1. The molecule has 0 aromatic heterocycles. The summed E-state index contributed by atoms with van der Waals surface area (Å²) in [5, 5.41) is 0. The predicted octanol–water partition coefficient (Wildman–Crippen LogP) is 7.95. The number of unbranched alkanes of at least 4 members (excludes halogenated alkanes) is 15. The Hall–Kier alpha value is -0.850. The van der Waals surface area contributed by atoms with Crippen molar-refractivity contribution in [1.29, 1.82) is 0 Å². The van der Waals surface area contributed by atoms with Gasteiger partial charge in [0.25, 0.3) is 0 Å². The van der Waals surface area contributed by atoms with Crippen LogP contribution in [0.4, 0.5) is 0 Å². The fourth-order valence-electron chi connectivity index (χ4n) is 3.72. The van der Waals surface area contributed by atoms with E-state index >= 15 is 0 Å². The second kappa shape index (κ2) is 16.6. The van der Waals surface area contributed by atoms with Crippen LogP contribution in [0.2, 0.25) is 0 Å². The van der Waals surface area contributed by atoms with Crippen molar-refractivity contribution >= 4 is 5.78 Å². The average molecular weight is 347 g/mol. The molecule has 25 heavy (non-hydrogen) atoms. The van der Waals surface area contributed by atoms with Gasteiger partial charge in [0, 0.05) is 5.92 Å². The maximum Gasteiger partial charge on any atom is 0.162 e. The van der Waals surface area contributed by atoms with Crippen LogP contribution < -0.4 is 0 Å². The lowest BCUT2D eigenvalue weighted by atomic mass is 9.93. The van der Waals surface area contributed by atoms with Crippen LogP contribution in [-0.2, 0) is 4.79 Å². The first-order chi connectivity index (χ1) is 12.3. The molecule has 1 nitrogen and oxygen atoms in total. The molecule has 0 aromatic rings. The van der Waals surface area contributed by atoms with E-state index in [9.17, 15) is 4.79 Å². The zero-order valence-corrected chi connectivity index (χ0v) is 16.8. The molecule has 144 valence electrons. The molecule has 0 aliphatic heterocycles. The van der Waals surface area contributed by atoms with Crippen molar-refractivity contribution in [3.05, 3.63) is 24.3 Å².